The molecule has 0 fully saturated rings. The highest BCUT2D eigenvalue weighted by molar-refractivity contribution is 7.13. The van der Waals surface area contributed by atoms with Crippen LogP contribution in [0.25, 0.3) is 21.5 Å². The number of benzene rings is 2. The zero-order valence-corrected chi connectivity index (χ0v) is 20.3. The van der Waals surface area contributed by atoms with Crippen molar-refractivity contribution < 1.29 is 24.1 Å². The van der Waals surface area contributed by atoms with E-state index in [1.165, 1.54) is 0 Å². The Hall–Kier alpha value is -3.52. The van der Waals surface area contributed by atoms with E-state index in [-0.39, 0.29) is 0 Å². The summed E-state index contributed by atoms with van der Waals surface area (Å²) in [7, 11) is 1.63. The summed E-state index contributed by atoms with van der Waals surface area (Å²) in [6.07, 6.45) is 1.62. The average Bonchev–Trinajstić information content (AvgIpc) is 3.50. The monoisotopic (exact) mass is 480 g/mol. The van der Waals surface area contributed by atoms with Gasteiger partial charge in [0, 0.05) is 34.0 Å². The molecule has 2 heterocycles. The molecule has 0 saturated carbocycles. The molecule has 0 aliphatic rings. The Bertz CT molecular complexity index is 1280. The van der Waals surface area contributed by atoms with E-state index in [0.29, 0.717) is 36.8 Å². The van der Waals surface area contributed by atoms with Crippen molar-refractivity contribution in [2.75, 3.05) is 20.3 Å². The van der Waals surface area contributed by atoms with Crippen LogP contribution in [0.1, 0.15) is 37.6 Å². The number of carbonyl (C=O) groups is 1. The van der Waals surface area contributed by atoms with Crippen molar-refractivity contribution >= 4 is 28.2 Å². The van der Waals surface area contributed by atoms with E-state index in [1.54, 1.807) is 25.4 Å². The molecule has 0 bridgehead atoms. The summed E-state index contributed by atoms with van der Waals surface area (Å²) in [6.45, 7) is 4.73. The number of ether oxygens (including phenoxy) is 3. The Balaban J connectivity index is 1.30. The number of aromatic amines is 1. The van der Waals surface area contributed by atoms with E-state index in [2.05, 4.69) is 22.3 Å². The smallest absolute Gasteiger partial charge is 0.312 e. The molecule has 7 nitrogen and oxygen atoms in total. The maximum absolute atomic E-state index is 11.2. The lowest BCUT2D eigenvalue weighted by molar-refractivity contribution is -0.138. The van der Waals surface area contributed by atoms with Gasteiger partial charge < -0.3 is 24.3 Å². The molecule has 4 aromatic rings. The van der Waals surface area contributed by atoms with Crippen LogP contribution in [-0.2, 0) is 11.2 Å². The van der Waals surface area contributed by atoms with Crippen LogP contribution in [0.4, 0.5) is 0 Å². The molecule has 4 rings (SSSR count). The minimum atomic E-state index is -0.858. The molecule has 0 radical (unpaired) electrons. The number of thiazole rings is 1. The molecule has 2 aromatic carbocycles. The number of H-pyrrole nitrogens is 1. The van der Waals surface area contributed by atoms with Gasteiger partial charge in [0.25, 0.3) is 0 Å². The third-order valence-corrected chi connectivity index (χ3v) is 6.53. The summed E-state index contributed by atoms with van der Waals surface area (Å²) in [5.41, 5.74) is 3.66. The van der Waals surface area contributed by atoms with E-state index in [0.717, 1.165) is 39.3 Å². The highest BCUT2D eigenvalue weighted by Crippen LogP contribution is 2.34. The fourth-order valence-corrected chi connectivity index (χ4v) is 4.44. The number of aliphatic carboxylic acids is 1. The van der Waals surface area contributed by atoms with Crippen LogP contribution in [-0.4, -0.2) is 41.4 Å². The minimum Gasteiger partial charge on any atom is -0.493 e. The summed E-state index contributed by atoms with van der Waals surface area (Å²) < 4.78 is 17.3. The van der Waals surface area contributed by atoms with Crippen molar-refractivity contribution in [3.05, 3.63) is 59.2 Å². The minimum absolute atomic E-state index is 0.486. The van der Waals surface area contributed by atoms with Gasteiger partial charge in [0.1, 0.15) is 10.8 Å². The number of aryl methyl sites for hydroxylation is 1. The van der Waals surface area contributed by atoms with Crippen molar-refractivity contribution in [1.82, 2.24) is 9.97 Å². The molecule has 0 aliphatic heterocycles. The van der Waals surface area contributed by atoms with Gasteiger partial charge >= 0.3 is 5.97 Å². The van der Waals surface area contributed by atoms with Crippen molar-refractivity contribution in [1.29, 1.82) is 0 Å². The number of hydrogen-bond acceptors (Lipinski definition) is 6. The summed E-state index contributed by atoms with van der Waals surface area (Å²) in [6, 6.07) is 13.4. The Labute approximate surface area is 202 Å². The van der Waals surface area contributed by atoms with E-state index in [9.17, 15) is 9.90 Å². The van der Waals surface area contributed by atoms with E-state index in [4.69, 9.17) is 14.2 Å². The fourth-order valence-electron chi connectivity index (χ4n) is 3.54. The summed E-state index contributed by atoms with van der Waals surface area (Å²) in [4.78, 5) is 19.0. The van der Waals surface area contributed by atoms with Crippen LogP contribution in [0.2, 0.25) is 0 Å². The lowest BCUT2D eigenvalue weighted by Crippen LogP contribution is -2.07. The molecule has 8 heteroatoms. The molecule has 0 amide bonds. The van der Waals surface area contributed by atoms with Crippen LogP contribution in [0, 0.1) is 0 Å². The number of carboxylic acids is 1. The Morgan fingerprint density at radius 1 is 1.12 bits per heavy atom. The van der Waals surface area contributed by atoms with Gasteiger partial charge in [0.05, 0.1) is 31.9 Å². The quantitative estimate of drug-likeness (QED) is 0.260. The number of carboxylic acid groups (broad SMARTS) is 1. The maximum atomic E-state index is 11.2. The van der Waals surface area contributed by atoms with Crippen molar-refractivity contribution in [3.8, 4) is 27.8 Å². The fraction of sp³-hybridized carbons (Fsp3) is 0.308. The third-order valence-electron chi connectivity index (χ3n) is 5.59. The van der Waals surface area contributed by atoms with Gasteiger partial charge in [-0.3, -0.25) is 4.79 Å². The standard InChI is InChI=1S/C26H28N2O5S/c1-4-19-15-34-25(27-19)17-6-9-23(24(14-17)31-3)33-11-5-10-32-20-7-8-21-18(12-20)13-22(28-21)16(2)26(29)30/h6-9,12-16,28H,4-5,10-11H2,1-3H3,(H,29,30). The normalized spacial score (nSPS) is 12.0. The van der Waals surface area contributed by atoms with Gasteiger partial charge in [-0.2, -0.15) is 0 Å². The second-order valence-corrected chi connectivity index (χ2v) is 8.81. The number of rotatable bonds is 11. The molecule has 0 spiro atoms. The molecular weight excluding hydrogens is 452 g/mol. The summed E-state index contributed by atoms with van der Waals surface area (Å²) in [5.74, 6) is 0.652. The Morgan fingerprint density at radius 3 is 2.68 bits per heavy atom. The first-order valence-corrected chi connectivity index (χ1v) is 12.1. The number of hydrogen-bond donors (Lipinski definition) is 2. The van der Waals surface area contributed by atoms with Crippen LogP contribution in [0.3, 0.4) is 0 Å². The molecule has 0 saturated heterocycles. The van der Waals surface area contributed by atoms with E-state index < -0.39 is 11.9 Å². The van der Waals surface area contributed by atoms with Crippen LogP contribution in [0.15, 0.2) is 47.8 Å². The van der Waals surface area contributed by atoms with Gasteiger partial charge in [-0.25, -0.2) is 4.98 Å². The predicted molar refractivity (Wildman–Crippen MR) is 133 cm³/mol. The van der Waals surface area contributed by atoms with Crippen molar-refractivity contribution in [3.63, 3.8) is 0 Å². The van der Waals surface area contributed by atoms with Gasteiger partial charge in [0.15, 0.2) is 11.5 Å². The number of nitrogens with zero attached hydrogens (tertiary/aromatic N) is 1. The van der Waals surface area contributed by atoms with Crippen molar-refractivity contribution in [2.24, 2.45) is 0 Å². The zero-order valence-electron chi connectivity index (χ0n) is 19.5. The Kier molecular flexibility index (Phi) is 7.37. The van der Waals surface area contributed by atoms with Gasteiger partial charge in [0.2, 0.25) is 0 Å². The largest absolute Gasteiger partial charge is 0.493 e. The number of fused-ring (bicyclic) bond motifs is 1. The first-order valence-electron chi connectivity index (χ1n) is 11.2. The SMILES string of the molecule is CCc1csc(-c2ccc(OCCCOc3ccc4[nH]c(C(C)C(=O)O)cc4c3)c(OC)c2)n1. The van der Waals surface area contributed by atoms with E-state index >= 15 is 0 Å². The Morgan fingerprint density at radius 2 is 1.94 bits per heavy atom. The van der Waals surface area contributed by atoms with Gasteiger partial charge in [-0.15, -0.1) is 11.3 Å². The number of nitrogens with one attached hydrogen (secondary N) is 1. The predicted octanol–water partition coefficient (Wildman–Crippen LogP) is 5.90. The molecule has 2 N–H and O–H groups in total. The lowest BCUT2D eigenvalue weighted by Gasteiger charge is -2.12. The van der Waals surface area contributed by atoms with Crippen molar-refractivity contribution in [2.45, 2.75) is 32.6 Å². The van der Waals surface area contributed by atoms with Crippen LogP contribution in [0.5, 0.6) is 17.2 Å². The second-order valence-electron chi connectivity index (χ2n) is 7.95. The number of aromatic nitrogens is 2. The average molecular weight is 481 g/mol. The third kappa shape index (κ3) is 5.34. The molecular formula is C26H28N2O5S. The van der Waals surface area contributed by atoms with Gasteiger partial charge in [-0.1, -0.05) is 6.92 Å². The van der Waals surface area contributed by atoms with Crippen LogP contribution >= 0.6 is 11.3 Å². The summed E-state index contributed by atoms with van der Waals surface area (Å²) >= 11 is 1.63. The lowest BCUT2D eigenvalue weighted by atomic mass is 10.1. The topological polar surface area (TPSA) is 93.7 Å². The van der Waals surface area contributed by atoms with Gasteiger partial charge in [-0.05, 0) is 55.8 Å². The first-order chi connectivity index (χ1) is 16.5. The second kappa shape index (κ2) is 10.6. The molecule has 0 aliphatic carbocycles. The molecule has 1 unspecified atom stereocenters. The highest BCUT2D eigenvalue weighted by atomic mass is 32.1. The maximum Gasteiger partial charge on any atom is 0.312 e. The van der Waals surface area contributed by atoms with E-state index in [1.807, 2.05) is 42.5 Å². The molecule has 1 atom stereocenters. The molecule has 178 valence electrons. The zero-order chi connectivity index (χ0) is 24.1. The highest BCUT2D eigenvalue weighted by Gasteiger charge is 2.16. The summed E-state index contributed by atoms with van der Waals surface area (Å²) in [5, 5.41) is 13.2. The first kappa shape index (κ1) is 23.6. The molecule has 34 heavy (non-hydrogen) atoms. The molecule has 2 aromatic heterocycles. The number of methoxy groups -OCH3 is 1. The van der Waals surface area contributed by atoms with Crippen LogP contribution < -0.4 is 14.2 Å².